The monoisotopic (exact) mass is 706 g/mol. The average molecular weight is 707 g/mol. The Morgan fingerprint density at radius 2 is 1.63 bits per heavy atom. The summed E-state index contributed by atoms with van der Waals surface area (Å²) < 4.78 is 18.6. The number of carbonyl (C=O) groups excluding carboxylic acids is 3. The molecule has 0 saturated carbocycles. The maximum absolute atomic E-state index is 13.5. The molecule has 13 nitrogen and oxygen atoms in total. The Kier molecular flexibility index (Phi) is 10.8. The van der Waals surface area contributed by atoms with Crippen LogP contribution in [0.2, 0.25) is 0 Å². The van der Waals surface area contributed by atoms with Gasteiger partial charge >= 0.3 is 6.09 Å². The van der Waals surface area contributed by atoms with E-state index in [2.05, 4.69) is 32.0 Å². The van der Waals surface area contributed by atoms with Gasteiger partial charge in [0, 0.05) is 56.6 Å². The summed E-state index contributed by atoms with van der Waals surface area (Å²) >= 11 is 0. The Labute approximate surface area is 302 Å². The van der Waals surface area contributed by atoms with E-state index in [0.717, 1.165) is 53.7 Å². The molecule has 0 radical (unpaired) electrons. The van der Waals surface area contributed by atoms with Crippen LogP contribution in [0, 0.1) is 5.92 Å². The molecule has 0 bridgehead atoms. The lowest BCUT2D eigenvalue weighted by atomic mass is 9.90. The Bertz CT molecular complexity index is 1840. The van der Waals surface area contributed by atoms with Crippen molar-refractivity contribution in [3.8, 4) is 0 Å². The third-order valence-corrected chi connectivity index (χ3v) is 9.82. The Morgan fingerprint density at radius 3 is 2.37 bits per heavy atom. The first-order valence-electron chi connectivity index (χ1n) is 17.5. The van der Waals surface area contributed by atoms with Gasteiger partial charge in [-0.3, -0.25) is 14.5 Å². The number of piperazine rings is 1. The lowest BCUT2D eigenvalue weighted by Crippen LogP contribution is -2.51. The van der Waals surface area contributed by atoms with Gasteiger partial charge in [-0.15, -0.1) is 0 Å². The molecule has 3 aliphatic rings. The number of ether oxygens (including phenoxy) is 3. The number of benzene rings is 3. The summed E-state index contributed by atoms with van der Waals surface area (Å²) in [5, 5.41) is 12.2. The minimum atomic E-state index is -1.05. The van der Waals surface area contributed by atoms with Crippen molar-refractivity contribution in [1.82, 2.24) is 20.2 Å². The second kappa shape index (κ2) is 16.0. The standard InChI is InChI=1S/C39H42N6O7/c1-26-33(23-43-17-19-44(20-18-43)38-40-15-6-16-41-38)51-37(52-35(26)29-13-11-27(24-46)12-14-29)30-9-5-10-31(21-30)45-34(47)22-32(36(45)48)42-39(49)50-25-28-7-3-2-4-8-28/h2-16,21,26,32-33,35,37,46H,17-20,22-25H2,1H3,(H,42,49). The number of hydrogen-bond acceptors (Lipinski definition) is 11. The summed E-state index contributed by atoms with van der Waals surface area (Å²) in [4.78, 5) is 53.6. The lowest BCUT2D eigenvalue weighted by Gasteiger charge is -2.44. The van der Waals surface area contributed by atoms with Gasteiger partial charge < -0.3 is 29.5 Å². The van der Waals surface area contributed by atoms with E-state index in [1.807, 2.05) is 66.7 Å². The number of aliphatic hydroxyl groups is 1. The first-order chi connectivity index (χ1) is 25.4. The van der Waals surface area contributed by atoms with Gasteiger partial charge in [-0.2, -0.15) is 0 Å². The van der Waals surface area contributed by atoms with E-state index < -0.39 is 30.2 Å². The van der Waals surface area contributed by atoms with Gasteiger partial charge in [-0.05, 0) is 34.9 Å². The molecule has 7 rings (SSSR count). The van der Waals surface area contributed by atoms with Crippen molar-refractivity contribution >= 4 is 29.5 Å². The third kappa shape index (κ3) is 7.97. The molecular formula is C39H42N6O7. The van der Waals surface area contributed by atoms with Crippen LogP contribution in [0.25, 0.3) is 0 Å². The highest BCUT2D eigenvalue weighted by molar-refractivity contribution is 6.22. The van der Waals surface area contributed by atoms with Crippen molar-refractivity contribution in [2.45, 2.75) is 51.1 Å². The van der Waals surface area contributed by atoms with E-state index in [0.29, 0.717) is 17.8 Å². The van der Waals surface area contributed by atoms with E-state index >= 15 is 0 Å². The zero-order valence-electron chi connectivity index (χ0n) is 28.9. The third-order valence-electron chi connectivity index (χ3n) is 9.82. The van der Waals surface area contributed by atoms with Crippen molar-refractivity contribution in [3.63, 3.8) is 0 Å². The Balaban J connectivity index is 1.06. The topological polar surface area (TPSA) is 147 Å². The first-order valence-corrected chi connectivity index (χ1v) is 17.5. The van der Waals surface area contributed by atoms with Gasteiger partial charge in [0.25, 0.3) is 5.91 Å². The van der Waals surface area contributed by atoms with Crippen molar-refractivity contribution in [3.05, 3.63) is 120 Å². The molecule has 5 atom stereocenters. The molecule has 2 N–H and O–H groups in total. The van der Waals surface area contributed by atoms with Crippen molar-refractivity contribution in [2.75, 3.05) is 42.5 Å². The van der Waals surface area contributed by atoms with E-state index in [9.17, 15) is 19.5 Å². The molecule has 3 aromatic carbocycles. The van der Waals surface area contributed by atoms with Crippen molar-refractivity contribution < 1.29 is 33.7 Å². The second-order valence-corrected chi connectivity index (χ2v) is 13.3. The second-order valence-electron chi connectivity index (χ2n) is 13.3. The van der Waals surface area contributed by atoms with Crippen LogP contribution >= 0.6 is 0 Å². The average Bonchev–Trinajstić information content (AvgIpc) is 3.47. The molecule has 3 aliphatic heterocycles. The maximum atomic E-state index is 13.5. The summed E-state index contributed by atoms with van der Waals surface area (Å²) in [5.41, 5.74) is 3.58. The van der Waals surface area contributed by atoms with Crippen LogP contribution < -0.4 is 15.1 Å². The molecule has 52 heavy (non-hydrogen) atoms. The van der Waals surface area contributed by atoms with Crippen molar-refractivity contribution in [2.24, 2.45) is 5.92 Å². The van der Waals surface area contributed by atoms with Gasteiger partial charge in [0.1, 0.15) is 12.6 Å². The summed E-state index contributed by atoms with van der Waals surface area (Å²) in [6.07, 6.45) is 1.21. The smallest absolute Gasteiger partial charge is 0.408 e. The van der Waals surface area contributed by atoms with E-state index in [4.69, 9.17) is 14.2 Å². The van der Waals surface area contributed by atoms with Crippen LogP contribution in [-0.4, -0.2) is 82.8 Å². The van der Waals surface area contributed by atoms with Crippen LogP contribution in [0.4, 0.5) is 16.4 Å². The summed E-state index contributed by atoms with van der Waals surface area (Å²) in [7, 11) is 0. The van der Waals surface area contributed by atoms with Gasteiger partial charge in [0.15, 0.2) is 6.29 Å². The molecule has 3 fully saturated rings. The number of alkyl carbamates (subject to hydrolysis) is 1. The number of imide groups is 1. The lowest BCUT2D eigenvalue weighted by molar-refractivity contribution is -0.276. The number of anilines is 2. The number of aliphatic hydroxyl groups excluding tert-OH is 1. The fraction of sp³-hybridized carbons (Fsp3) is 0.359. The first kappa shape index (κ1) is 35.2. The number of amides is 3. The molecule has 13 heteroatoms. The number of hydrogen-bond donors (Lipinski definition) is 2. The van der Waals surface area contributed by atoms with Crippen molar-refractivity contribution in [1.29, 1.82) is 0 Å². The minimum absolute atomic E-state index is 0.0230. The maximum Gasteiger partial charge on any atom is 0.408 e. The van der Waals surface area contributed by atoms with E-state index in [1.165, 1.54) is 0 Å². The number of carbonyl (C=O) groups is 3. The van der Waals surface area contributed by atoms with E-state index in [1.54, 1.807) is 30.6 Å². The predicted octanol–water partition coefficient (Wildman–Crippen LogP) is 4.14. The van der Waals surface area contributed by atoms with Crippen LogP contribution in [0.1, 0.15) is 48.0 Å². The number of nitrogens with zero attached hydrogens (tertiary/aromatic N) is 5. The summed E-state index contributed by atoms with van der Waals surface area (Å²) in [6, 6.07) is 24.7. The summed E-state index contributed by atoms with van der Waals surface area (Å²) in [6.45, 7) is 5.99. The highest BCUT2D eigenvalue weighted by Gasteiger charge is 2.42. The molecule has 4 aromatic rings. The highest BCUT2D eigenvalue weighted by atomic mass is 16.7. The molecule has 0 aliphatic carbocycles. The van der Waals surface area contributed by atoms with Crippen LogP contribution in [0.5, 0.6) is 0 Å². The zero-order chi connectivity index (χ0) is 36.0. The van der Waals surface area contributed by atoms with Crippen LogP contribution in [0.3, 0.4) is 0 Å². The zero-order valence-corrected chi connectivity index (χ0v) is 28.9. The molecule has 3 amide bonds. The highest BCUT2D eigenvalue weighted by Crippen LogP contribution is 2.42. The van der Waals surface area contributed by atoms with E-state index in [-0.39, 0.29) is 37.8 Å². The quantitative estimate of drug-likeness (QED) is 0.230. The van der Waals surface area contributed by atoms with Crippen LogP contribution in [-0.2, 0) is 37.0 Å². The normalized spacial score (nSPS) is 23.8. The van der Waals surface area contributed by atoms with Gasteiger partial charge in [0.2, 0.25) is 11.9 Å². The van der Waals surface area contributed by atoms with Gasteiger partial charge in [-0.1, -0.05) is 73.7 Å². The fourth-order valence-corrected chi connectivity index (χ4v) is 6.90. The van der Waals surface area contributed by atoms with Gasteiger partial charge in [0.05, 0.1) is 30.9 Å². The molecular weight excluding hydrogens is 664 g/mol. The fourth-order valence-electron chi connectivity index (χ4n) is 6.90. The SMILES string of the molecule is CC1C(CN2CCN(c3ncccn3)CC2)OC(c2cccc(N3C(=O)CC(NC(=O)OCc4ccccc4)C3=O)c2)OC1c1ccc(CO)cc1. The predicted molar refractivity (Wildman–Crippen MR) is 191 cm³/mol. The molecule has 270 valence electrons. The number of aromatic nitrogens is 2. The molecule has 4 heterocycles. The molecule has 1 aromatic heterocycles. The Morgan fingerprint density at radius 1 is 0.885 bits per heavy atom. The molecule has 3 saturated heterocycles. The minimum Gasteiger partial charge on any atom is -0.445 e. The number of rotatable bonds is 10. The molecule has 0 spiro atoms. The number of nitrogens with one attached hydrogen (secondary N) is 1. The largest absolute Gasteiger partial charge is 0.445 e. The summed E-state index contributed by atoms with van der Waals surface area (Å²) in [5.74, 6) is -0.276. The van der Waals surface area contributed by atoms with Gasteiger partial charge in [-0.25, -0.2) is 19.7 Å². The molecule has 5 unspecified atom stereocenters. The van der Waals surface area contributed by atoms with Crippen LogP contribution in [0.15, 0.2) is 97.3 Å². The Hall–Kier alpha value is -5.21.